The molecule has 6 heteroatoms. The fraction of sp³-hybridized carbons (Fsp3) is 0.368. The van der Waals surface area contributed by atoms with Crippen molar-refractivity contribution in [2.75, 3.05) is 24.5 Å². The molecule has 130 valence electrons. The lowest BCUT2D eigenvalue weighted by Crippen LogP contribution is -2.38. The summed E-state index contributed by atoms with van der Waals surface area (Å²) in [5.41, 5.74) is 2.24. The summed E-state index contributed by atoms with van der Waals surface area (Å²) in [6, 6.07) is 10.3. The van der Waals surface area contributed by atoms with Gasteiger partial charge in [0.1, 0.15) is 0 Å². The number of aromatic nitrogens is 1. The fourth-order valence-electron chi connectivity index (χ4n) is 3.20. The van der Waals surface area contributed by atoms with Crippen LogP contribution in [0.25, 0.3) is 10.2 Å². The number of thiazole rings is 1. The van der Waals surface area contributed by atoms with E-state index in [9.17, 15) is 4.79 Å². The standard InChI is InChI=1S/C19H21N3OS2/c1-13-10-17(24-12-13)18(23)20-11-14-6-8-22(9-7-14)19-21-15-4-2-3-5-16(15)25-19/h2-5,10,12,14H,6-9,11H2,1H3,(H,20,23). The first-order valence-electron chi connectivity index (χ1n) is 8.63. The topological polar surface area (TPSA) is 45.2 Å². The number of benzene rings is 1. The van der Waals surface area contributed by atoms with Crippen molar-refractivity contribution >= 4 is 43.9 Å². The molecule has 1 fully saturated rings. The molecule has 1 aromatic carbocycles. The number of rotatable bonds is 4. The molecule has 2 aromatic heterocycles. The Balaban J connectivity index is 1.30. The van der Waals surface area contributed by atoms with E-state index in [0.717, 1.165) is 53.6 Å². The minimum Gasteiger partial charge on any atom is -0.351 e. The molecule has 3 heterocycles. The normalized spacial score (nSPS) is 15.6. The number of thiophene rings is 1. The maximum absolute atomic E-state index is 12.2. The van der Waals surface area contributed by atoms with Crippen LogP contribution in [0.3, 0.4) is 0 Å². The first-order chi connectivity index (χ1) is 12.2. The molecule has 0 saturated carbocycles. The Morgan fingerprint density at radius 1 is 1.32 bits per heavy atom. The Labute approximate surface area is 155 Å². The van der Waals surface area contributed by atoms with Crippen LogP contribution in [0.1, 0.15) is 28.1 Å². The highest BCUT2D eigenvalue weighted by Crippen LogP contribution is 2.31. The van der Waals surface area contributed by atoms with E-state index >= 15 is 0 Å². The van der Waals surface area contributed by atoms with Crippen LogP contribution in [-0.4, -0.2) is 30.5 Å². The maximum atomic E-state index is 12.2. The van der Waals surface area contributed by atoms with Crippen LogP contribution >= 0.6 is 22.7 Å². The summed E-state index contributed by atoms with van der Waals surface area (Å²) in [5, 5.41) is 6.24. The SMILES string of the molecule is Cc1csc(C(=O)NCC2CCN(c3nc4ccccc4s3)CC2)c1. The van der Waals surface area contributed by atoms with Gasteiger partial charge in [0.25, 0.3) is 5.91 Å². The number of anilines is 1. The number of nitrogens with one attached hydrogen (secondary N) is 1. The van der Waals surface area contributed by atoms with Crippen LogP contribution in [0.2, 0.25) is 0 Å². The zero-order chi connectivity index (χ0) is 17.2. The van der Waals surface area contributed by atoms with Crippen molar-refractivity contribution in [2.24, 2.45) is 5.92 Å². The van der Waals surface area contributed by atoms with Crippen LogP contribution in [-0.2, 0) is 0 Å². The quantitative estimate of drug-likeness (QED) is 0.743. The second kappa shape index (κ2) is 7.14. The number of hydrogen-bond acceptors (Lipinski definition) is 5. The molecule has 0 bridgehead atoms. The van der Waals surface area contributed by atoms with Gasteiger partial charge in [-0.2, -0.15) is 0 Å². The van der Waals surface area contributed by atoms with Gasteiger partial charge in [-0.15, -0.1) is 11.3 Å². The van der Waals surface area contributed by atoms with Crippen molar-refractivity contribution in [3.05, 3.63) is 46.2 Å². The van der Waals surface area contributed by atoms with Crippen LogP contribution in [0.15, 0.2) is 35.7 Å². The highest BCUT2D eigenvalue weighted by atomic mass is 32.1. The van der Waals surface area contributed by atoms with Gasteiger partial charge in [0.15, 0.2) is 5.13 Å². The lowest BCUT2D eigenvalue weighted by Gasteiger charge is -2.31. The molecule has 1 amide bonds. The molecule has 0 atom stereocenters. The Bertz CT molecular complexity index is 845. The summed E-state index contributed by atoms with van der Waals surface area (Å²) >= 11 is 3.29. The van der Waals surface area contributed by atoms with Crippen molar-refractivity contribution in [2.45, 2.75) is 19.8 Å². The molecule has 4 rings (SSSR count). The zero-order valence-corrected chi connectivity index (χ0v) is 15.8. The summed E-state index contributed by atoms with van der Waals surface area (Å²) in [6.45, 7) is 4.81. The maximum Gasteiger partial charge on any atom is 0.261 e. The summed E-state index contributed by atoms with van der Waals surface area (Å²) in [6.07, 6.45) is 2.19. The largest absolute Gasteiger partial charge is 0.351 e. The van der Waals surface area contributed by atoms with Crippen LogP contribution in [0, 0.1) is 12.8 Å². The van der Waals surface area contributed by atoms with Gasteiger partial charge in [-0.1, -0.05) is 23.5 Å². The van der Waals surface area contributed by atoms with Crippen molar-refractivity contribution in [3.63, 3.8) is 0 Å². The summed E-state index contributed by atoms with van der Waals surface area (Å²) < 4.78 is 1.25. The van der Waals surface area contributed by atoms with E-state index in [2.05, 4.69) is 28.4 Å². The number of fused-ring (bicyclic) bond motifs is 1. The van der Waals surface area contributed by atoms with Gasteiger partial charge in [0.2, 0.25) is 0 Å². The number of carbonyl (C=O) groups excluding carboxylic acids is 1. The zero-order valence-electron chi connectivity index (χ0n) is 14.2. The molecule has 1 saturated heterocycles. The monoisotopic (exact) mass is 371 g/mol. The van der Waals surface area contributed by atoms with E-state index in [0.29, 0.717) is 5.92 Å². The Hall–Kier alpha value is -1.92. The van der Waals surface area contributed by atoms with E-state index in [1.807, 2.05) is 24.4 Å². The molecular weight excluding hydrogens is 350 g/mol. The highest BCUT2D eigenvalue weighted by Gasteiger charge is 2.22. The molecule has 1 aliphatic heterocycles. The molecule has 0 spiro atoms. The van der Waals surface area contributed by atoms with Crippen LogP contribution in [0.4, 0.5) is 5.13 Å². The van der Waals surface area contributed by atoms with Crippen molar-refractivity contribution < 1.29 is 4.79 Å². The number of amides is 1. The molecule has 0 unspecified atom stereocenters. The number of piperidine rings is 1. The van der Waals surface area contributed by atoms with Crippen LogP contribution < -0.4 is 10.2 Å². The third kappa shape index (κ3) is 3.70. The van der Waals surface area contributed by atoms with Crippen LogP contribution in [0.5, 0.6) is 0 Å². The number of hydrogen-bond donors (Lipinski definition) is 1. The first-order valence-corrected chi connectivity index (χ1v) is 10.3. The Kier molecular flexibility index (Phi) is 4.72. The van der Waals surface area contributed by atoms with E-state index in [-0.39, 0.29) is 5.91 Å². The lowest BCUT2D eigenvalue weighted by molar-refractivity contribution is 0.0949. The molecule has 4 nitrogen and oxygen atoms in total. The number of aryl methyl sites for hydroxylation is 1. The van der Waals surface area contributed by atoms with Crippen molar-refractivity contribution in [3.8, 4) is 0 Å². The molecule has 0 aliphatic carbocycles. The molecule has 0 radical (unpaired) electrons. The third-order valence-corrected chi connectivity index (χ3v) is 6.82. The van der Waals surface area contributed by atoms with Gasteiger partial charge >= 0.3 is 0 Å². The minimum absolute atomic E-state index is 0.0618. The van der Waals surface area contributed by atoms with Crippen molar-refractivity contribution in [1.82, 2.24) is 10.3 Å². The van der Waals surface area contributed by atoms with Gasteiger partial charge in [0, 0.05) is 19.6 Å². The molecule has 1 N–H and O–H groups in total. The highest BCUT2D eigenvalue weighted by molar-refractivity contribution is 7.22. The molecular formula is C19H21N3OS2. The van der Waals surface area contributed by atoms with Gasteiger partial charge in [-0.25, -0.2) is 4.98 Å². The fourth-order valence-corrected chi connectivity index (χ4v) is 5.03. The molecule has 25 heavy (non-hydrogen) atoms. The molecule has 3 aromatic rings. The predicted molar refractivity (Wildman–Crippen MR) is 106 cm³/mol. The lowest BCUT2D eigenvalue weighted by atomic mass is 9.97. The second-order valence-electron chi connectivity index (χ2n) is 6.59. The first kappa shape index (κ1) is 16.5. The predicted octanol–water partition coefficient (Wildman–Crippen LogP) is 4.31. The third-order valence-electron chi connectivity index (χ3n) is 4.67. The van der Waals surface area contributed by atoms with E-state index < -0.39 is 0 Å². The van der Waals surface area contributed by atoms with Gasteiger partial charge in [0.05, 0.1) is 15.1 Å². The number of para-hydroxylation sites is 1. The smallest absolute Gasteiger partial charge is 0.261 e. The molecule has 1 aliphatic rings. The van der Waals surface area contributed by atoms with E-state index in [1.165, 1.54) is 16.0 Å². The summed E-state index contributed by atoms with van der Waals surface area (Å²) in [5.74, 6) is 0.613. The van der Waals surface area contributed by atoms with Gasteiger partial charge in [-0.05, 0) is 54.8 Å². The number of nitrogens with zero attached hydrogens (tertiary/aromatic N) is 2. The van der Waals surface area contributed by atoms with E-state index in [1.54, 1.807) is 11.3 Å². The average molecular weight is 372 g/mol. The minimum atomic E-state index is 0.0618. The second-order valence-corrected chi connectivity index (χ2v) is 8.51. The summed E-state index contributed by atoms with van der Waals surface area (Å²) in [4.78, 5) is 20.1. The Morgan fingerprint density at radius 2 is 2.12 bits per heavy atom. The van der Waals surface area contributed by atoms with Crippen molar-refractivity contribution in [1.29, 1.82) is 0 Å². The summed E-state index contributed by atoms with van der Waals surface area (Å²) in [7, 11) is 0. The van der Waals surface area contributed by atoms with Gasteiger partial charge < -0.3 is 10.2 Å². The van der Waals surface area contributed by atoms with Gasteiger partial charge in [-0.3, -0.25) is 4.79 Å². The number of carbonyl (C=O) groups is 1. The Morgan fingerprint density at radius 3 is 2.84 bits per heavy atom. The van der Waals surface area contributed by atoms with E-state index in [4.69, 9.17) is 4.98 Å². The average Bonchev–Trinajstić information content (AvgIpc) is 3.26.